The summed E-state index contributed by atoms with van der Waals surface area (Å²) in [5.74, 6) is 0.761. The zero-order valence-corrected chi connectivity index (χ0v) is 8.96. The van der Waals surface area contributed by atoms with Crippen LogP contribution in [0.2, 0.25) is 0 Å². The Morgan fingerprint density at radius 2 is 2.33 bits per heavy atom. The second-order valence-corrected chi connectivity index (χ2v) is 3.79. The fourth-order valence-electron chi connectivity index (χ4n) is 1.69. The number of carbonyl (C=O) groups is 1. The zero-order chi connectivity index (χ0) is 10.7. The zero-order valence-electron chi connectivity index (χ0n) is 8.20. The number of amides is 1. The molecule has 0 aliphatic carbocycles. The minimum atomic E-state index is -0.148. The maximum atomic E-state index is 11.1. The van der Waals surface area contributed by atoms with E-state index in [9.17, 15) is 4.79 Å². The van der Waals surface area contributed by atoms with Crippen LogP contribution in [-0.2, 0) is 11.2 Å². The number of rotatable bonds is 2. The molecule has 15 heavy (non-hydrogen) atoms. The van der Waals surface area contributed by atoms with E-state index in [1.165, 1.54) is 0 Å². The van der Waals surface area contributed by atoms with E-state index in [1.54, 1.807) is 0 Å². The fourth-order valence-corrected chi connectivity index (χ4v) is 1.76. The van der Waals surface area contributed by atoms with E-state index < -0.39 is 0 Å². The lowest BCUT2D eigenvalue weighted by atomic mass is 10.0. The first-order chi connectivity index (χ1) is 7.29. The second-order valence-electron chi connectivity index (χ2n) is 3.52. The summed E-state index contributed by atoms with van der Waals surface area (Å²) in [7, 11) is 0. The second kappa shape index (κ2) is 4.53. The topological polar surface area (TPSA) is 38.3 Å². The predicted octanol–water partition coefficient (Wildman–Crippen LogP) is 1.35. The molecule has 80 valence electrons. The number of hydrogen-bond donors (Lipinski definition) is 1. The lowest BCUT2D eigenvalue weighted by Crippen LogP contribution is -2.43. The minimum absolute atomic E-state index is 0.00184. The van der Waals surface area contributed by atoms with Gasteiger partial charge in [0.15, 0.2) is 0 Å². The van der Waals surface area contributed by atoms with Crippen LogP contribution in [0.5, 0.6) is 5.75 Å². The van der Waals surface area contributed by atoms with Gasteiger partial charge < -0.3 is 10.1 Å². The van der Waals surface area contributed by atoms with E-state index in [0.717, 1.165) is 17.7 Å². The van der Waals surface area contributed by atoms with E-state index in [0.29, 0.717) is 6.61 Å². The summed E-state index contributed by atoms with van der Waals surface area (Å²) in [6.07, 6.45) is 0.804. The van der Waals surface area contributed by atoms with Crippen LogP contribution in [0.25, 0.3) is 0 Å². The van der Waals surface area contributed by atoms with E-state index in [1.807, 2.05) is 24.3 Å². The van der Waals surface area contributed by atoms with Gasteiger partial charge in [-0.25, -0.2) is 0 Å². The van der Waals surface area contributed by atoms with Gasteiger partial charge in [-0.1, -0.05) is 18.2 Å². The Morgan fingerprint density at radius 3 is 3.13 bits per heavy atom. The van der Waals surface area contributed by atoms with Crippen LogP contribution in [-0.4, -0.2) is 24.4 Å². The molecule has 0 saturated carbocycles. The van der Waals surface area contributed by atoms with Gasteiger partial charge >= 0.3 is 0 Å². The lowest BCUT2D eigenvalue weighted by Gasteiger charge is -2.25. The van der Waals surface area contributed by atoms with Gasteiger partial charge in [-0.05, 0) is 18.1 Å². The number of nitrogens with one attached hydrogen (secondary N) is 1. The summed E-state index contributed by atoms with van der Waals surface area (Å²) in [6.45, 7) is 0.514. The number of hydrogen-bond acceptors (Lipinski definition) is 2. The standard InChI is InChI=1S/C11H12ClNO2/c12-6-11(14)13-9-5-8-3-1-2-4-10(8)15-7-9/h1-4,9H,5-7H2,(H,13,14). The molecule has 0 spiro atoms. The summed E-state index contributed by atoms with van der Waals surface area (Å²) in [4.78, 5) is 11.1. The Kier molecular flexibility index (Phi) is 3.11. The minimum Gasteiger partial charge on any atom is -0.491 e. The van der Waals surface area contributed by atoms with E-state index in [2.05, 4.69) is 5.32 Å². The number of ether oxygens (including phenoxy) is 1. The highest BCUT2D eigenvalue weighted by Crippen LogP contribution is 2.23. The number of carbonyl (C=O) groups excluding carboxylic acids is 1. The molecule has 2 rings (SSSR count). The monoisotopic (exact) mass is 225 g/mol. The normalized spacial score (nSPS) is 18.9. The van der Waals surface area contributed by atoms with Crippen molar-refractivity contribution in [1.82, 2.24) is 5.32 Å². The molecular weight excluding hydrogens is 214 g/mol. The summed E-state index contributed by atoms with van der Waals surface area (Å²) >= 11 is 5.42. The molecule has 1 heterocycles. The molecule has 4 heteroatoms. The van der Waals surface area contributed by atoms with Crippen molar-refractivity contribution in [2.75, 3.05) is 12.5 Å². The van der Waals surface area contributed by atoms with Crippen LogP contribution in [0.1, 0.15) is 5.56 Å². The summed E-state index contributed by atoms with van der Waals surface area (Å²) in [6, 6.07) is 7.89. The number of benzene rings is 1. The molecule has 1 N–H and O–H groups in total. The van der Waals surface area contributed by atoms with Gasteiger partial charge in [-0.3, -0.25) is 4.79 Å². The van der Waals surface area contributed by atoms with Crippen LogP contribution in [0.15, 0.2) is 24.3 Å². The van der Waals surface area contributed by atoms with Gasteiger partial charge in [-0.2, -0.15) is 0 Å². The molecule has 1 amide bonds. The molecule has 1 aromatic carbocycles. The predicted molar refractivity (Wildman–Crippen MR) is 58.3 cm³/mol. The number of halogens is 1. The largest absolute Gasteiger partial charge is 0.491 e. The van der Waals surface area contributed by atoms with E-state index in [-0.39, 0.29) is 17.8 Å². The molecule has 1 aliphatic heterocycles. The lowest BCUT2D eigenvalue weighted by molar-refractivity contribution is -0.119. The van der Waals surface area contributed by atoms with Gasteiger partial charge in [0, 0.05) is 0 Å². The maximum Gasteiger partial charge on any atom is 0.235 e. The van der Waals surface area contributed by atoms with Crippen molar-refractivity contribution in [3.05, 3.63) is 29.8 Å². The van der Waals surface area contributed by atoms with Crippen LogP contribution in [0.3, 0.4) is 0 Å². The third kappa shape index (κ3) is 2.42. The van der Waals surface area contributed by atoms with Gasteiger partial charge in [0.05, 0.1) is 6.04 Å². The third-order valence-electron chi connectivity index (χ3n) is 2.37. The van der Waals surface area contributed by atoms with Crippen molar-refractivity contribution in [3.8, 4) is 5.75 Å². The molecule has 1 aliphatic rings. The number of alkyl halides is 1. The van der Waals surface area contributed by atoms with Gasteiger partial charge in [0.25, 0.3) is 0 Å². The van der Waals surface area contributed by atoms with Crippen LogP contribution in [0, 0.1) is 0 Å². The molecule has 0 aromatic heterocycles. The highest BCUT2D eigenvalue weighted by atomic mass is 35.5. The highest BCUT2D eigenvalue weighted by Gasteiger charge is 2.20. The van der Waals surface area contributed by atoms with Crippen molar-refractivity contribution in [2.45, 2.75) is 12.5 Å². The summed E-state index contributed by atoms with van der Waals surface area (Å²) < 4.78 is 5.52. The van der Waals surface area contributed by atoms with Gasteiger partial charge in [-0.15, -0.1) is 11.6 Å². The Hall–Kier alpha value is -1.22. The Balaban J connectivity index is 2.02. The SMILES string of the molecule is O=C(CCl)NC1COc2ccccc2C1. The molecule has 0 radical (unpaired) electrons. The molecule has 0 bridgehead atoms. The maximum absolute atomic E-state index is 11.1. The number of fused-ring (bicyclic) bond motifs is 1. The third-order valence-corrected chi connectivity index (χ3v) is 2.61. The molecular formula is C11H12ClNO2. The van der Waals surface area contributed by atoms with E-state index >= 15 is 0 Å². The molecule has 1 unspecified atom stereocenters. The molecule has 0 saturated heterocycles. The summed E-state index contributed by atoms with van der Waals surface area (Å²) in [5.41, 5.74) is 1.13. The van der Waals surface area contributed by atoms with Crippen molar-refractivity contribution in [2.24, 2.45) is 0 Å². The van der Waals surface area contributed by atoms with E-state index in [4.69, 9.17) is 16.3 Å². The first-order valence-electron chi connectivity index (χ1n) is 4.85. The Labute approximate surface area is 93.4 Å². The van der Waals surface area contributed by atoms with Crippen LogP contribution < -0.4 is 10.1 Å². The quantitative estimate of drug-likeness (QED) is 0.772. The average molecular weight is 226 g/mol. The highest BCUT2D eigenvalue weighted by molar-refractivity contribution is 6.27. The van der Waals surface area contributed by atoms with Crippen LogP contribution >= 0.6 is 11.6 Å². The fraction of sp³-hybridized carbons (Fsp3) is 0.364. The van der Waals surface area contributed by atoms with Crippen molar-refractivity contribution >= 4 is 17.5 Å². The molecule has 1 atom stereocenters. The smallest absolute Gasteiger partial charge is 0.235 e. The van der Waals surface area contributed by atoms with Crippen molar-refractivity contribution in [1.29, 1.82) is 0 Å². The molecule has 0 fully saturated rings. The summed E-state index contributed by atoms with van der Waals surface area (Å²) in [5, 5.41) is 2.81. The van der Waals surface area contributed by atoms with Crippen molar-refractivity contribution in [3.63, 3.8) is 0 Å². The average Bonchev–Trinajstić information content (AvgIpc) is 2.29. The first kappa shape index (κ1) is 10.3. The van der Waals surface area contributed by atoms with Gasteiger partial charge in [0.2, 0.25) is 5.91 Å². The van der Waals surface area contributed by atoms with Crippen molar-refractivity contribution < 1.29 is 9.53 Å². The van der Waals surface area contributed by atoms with Gasteiger partial charge in [0.1, 0.15) is 18.2 Å². The Bertz CT molecular complexity index is 367. The Morgan fingerprint density at radius 1 is 1.53 bits per heavy atom. The first-order valence-corrected chi connectivity index (χ1v) is 5.39. The molecule has 1 aromatic rings. The van der Waals surface area contributed by atoms with Crippen LogP contribution in [0.4, 0.5) is 0 Å². The molecule has 3 nitrogen and oxygen atoms in total. The number of para-hydroxylation sites is 1.